The Hall–Kier alpha value is -2.56. The number of hydrogen-bond acceptors (Lipinski definition) is 4. The van der Waals surface area contributed by atoms with Crippen LogP contribution in [-0.4, -0.2) is 11.8 Å². The summed E-state index contributed by atoms with van der Waals surface area (Å²) in [6.07, 6.45) is 11.8. The van der Waals surface area contributed by atoms with E-state index >= 15 is 0 Å². The Kier molecular flexibility index (Phi) is 2.79. The van der Waals surface area contributed by atoms with E-state index in [0.717, 1.165) is 18.4 Å². The topological polar surface area (TPSA) is 64.6 Å². The van der Waals surface area contributed by atoms with Gasteiger partial charge in [0.15, 0.2) is 11.5 Å². The number of ether oxygens (including phenoxy) is 2. The minimum atomic E-state index is -0.474. The average molecular weight is 257 g/mol. The van der Waals surface area contributed by atoms with E-state index in [-0.39, 0.29) is 11.3 Å². The third kappa shape index (κ3) is 2.22. The van der Waals surface area contributed by atoms with Crippen LogP contribution in [0.5, 0.6) is 0 Å². The highest BCUT2D eigenvalue weighted by molar-refractivity contribution is 6.18. The molecule has 2 aliphatic heterocycles. The number of carbonyl (C=O) groups is 2. The maximum Gasteiger partial charge on any atom is 0.262 e. The minimum absolute atomic E-state index is 0.183. The molecule has 2 amide bonds. The van der Waals surface area contributed by atoms with Crippen molar-refractivity contribution in [1.29, 1.82) is 0 Å². The van der Waals surface area contributed by atoms with E-state index < -0.39 is 11.8 Å². The first kappa shape index (κ1) is 11.5. The van der Waals surface area contributed by atoms with E-state index in [2.05, 4.69) is 11.4 Å². The molecule has 0 unspecified atom stereocenters. The van der Waals surface area contributed by atoms with Crippen molar-refractivity contribution in [3.8, 4) is 0 Å². The molecule has 0 aromatic rings. The fourth-order valence-corrected chi connectivity index (χ4v) is 1.99. The molecule has 96 valence electrons. The van der Waals surface area contributed by atoms with Gasteiger partial charge in [-0.2, -0.15) is 0 Å². The Balaban J connectivity index is 1.80. The van der Waals surface area contributed by atoms with E-state index in [0.29, 0.717) is 5.76 Å². The maximum atomic E-state index is 11.5. The molecule has 1 N–H and O–H groups in total. The first-order valence-corrected chi connectivity index (χ1v) is 5.91. The number of hydrogen-bond donors (Lipinski definition) is 1. The van der Waals surface area contributed by atoms with E-state index in [1.807, 2.05) is 12.2 Å². The molecule has 3 aliphatic rings. The molecule has 0 aromatic heterocycles. The second-order valence-electron chi connectivity index (χ2n) is 4.24. The molecule has 0 saturated heterocycles. The highest BCUT2D eigenvalue weighted by Crippen LogP contribution is 2.29. The third-order valence-corrected chi connectivity index (χ3v) is 2.92. The molecular weight excluding hydrogens is 246 g/mol. The summed E-state index contributed by atoms with van der Waals surface area (Å²) in [6, 6.07) is 0. The lowest BCUT2D eigenvalue weighted by molar-refractivity contribution is -0.123. The van der Waals surface area contributed by atoms with Crippen LogP contribution >= 0.6 is 0 Å². The number of imide groups is 1. The van der Waals surface area contributed by atoms with Crippen LogP contribution in [0, 0.1) is 0 Å². The summed E-state index contributed by atoms with van der Waals surface area (Å²) in [5.74, 6) is -0.106. The maximum absolute atomic E-state index is 11.5. The molecule has 0 aromatic carbocycles. The number of nitrogens with one attached hydrogen (secondary N) is 1. The fourth-order valence-electron chi connectivity index (χ4n) is 1.99. The predicted molar refractivity (Wildman–Crippen MR) is 66.0 cm³/mol. The zero-order chi connectivity index (χ0) is 13.2. The Bertz CT molecular complexity index is 605. The van der Waals surface area contributed by atoms with Gasteiger partial charge in [-0.05, 0) is 18.4 Å². The predicted octanol–water partition coefficient (Wildman–Crippen LogP) is 1.58. The fraction of sp³-hybridized carbons (Fsp3) is 0.143. The summed E-state index contributed by atoms with van der Waals surface area (Å²) in [4.78, 5) is 22.7. The molecule has 0 spiro atoms. The lowest BCUT2D eigenvalue weighted by Crippen LogP contribution is -2.23. The van der Waals surface area contributed by atoms with E-state index in [1.54, 1.807) is 0 Å². The van der Waals surface area contributed by atoms with Crippen LogP contribution < -0.4 is 5.32 Å². The molecule has 0 fully saturated rings. The summed E-state index contributed by atoms with van der Waals surface area (Å²) >= 11 is 0. The molecular formula is C14H11NO4. The van der Waals surface area contributed by atoms with Crippen LogP contribution in [0.15, 0.2) is 59.5 Å². The summed E-state index contributed by atoms with van der Waals surface area (Å²) in [7, 11) is 0. The lowest BCUT2D eigenvalue weighted by Gasteiger charge is -2.19. The van der Waals surface area contributed by atoms with Crippen molar-refractivity contribution in [3.05, 3.63) is 59.5 Å². The van der Waals surface area contributed by atoms with Crippen molar-refractivity contribution in [2.75, 3.05) is 0 Å². The Labute approximate surface area is 109 Å². The third-order valence-electron chi connectivity index (χ3n) is 2.92. The normalized spacial score (nSPS) is 21.7. The van der Waals surface area contributed by atoms with Crippen molar-refractivity contribution in [2.45, 2.75) is 12.8 Å². The monoisotopic (exact) mass is 257 g/mol. The highest BCUT2D eigenvalue weighted by Gasteiger charge is 2.28. The molecule has 19 heavy (non-hydrogen) atoms. The quantitative estimate of drug-likeness (QED) is 0.763. The average Bonchev–Trinajstić information content (AvgIpc) is 2.79. The zero-order valence-electron chi connectivity index (χ0n) is 10.0. The molecule has 5 nitrogen and oxygen atoms in total. The van der Waals surface area contributed by atoms with Gasteiger partial charge in [-0.25, -0.2) is 0 Å². The van der Waals surface area contributed by atoms with Crippen LogP contribution in [0.3, 0.4) is 0 Å². The van der Waals surface area contributed by atoms with Crippen LogP contribution in [0.1, 0.15) is 12.8 Å². The molecule has 2 heterocycles. The smallest absolute Gasteiger partial charge is 0.262 e. The molecule has 0 saturated carbocycles. The van der Waals surface area contributed by atoms with Gasteiger partial charge in [0, 0.05) is 6.08 Å². The molecule has 5 heteroatoms. The van der Waals surface area contributed by atoms with Crippen LogP contribution in [0.2, 0.25) is 0 Å². The van der Waals surface area contributed by atoms with Gasteiger partial charge in [-0.15, -0.1) is 0 Å². The van der Waals surface area contributed by atoms with Gasteiger partial charge in [0.25, 0.3) is 11.8 Å². The molecule has 3 rings (SSSR count). The van der Waals surface area contributed by atoms with Crippen molar-refractivity contribution < 1.29 is 19.1 Å². The van der Waals surface area contributed by atoms with Gasteiger partial charge in [0.05, 0.1) is 5.57 Å². The summed E-state index contributed by atoms with van der Waals surface area (Å²) < 4.78 is 10.8. The van der Waals surface area contributed by atoms with Gasteiger partial charge in [-0.3, -0.25) is 14.9 Å². The first-order valence-electron chi connectivity index (χ1n) is 5.91. The van der Waals surface area contributed by atoms with Gasteiger partial charge in [0.1, 0.15) is 12.5 Å². The van der Waals surface area contributed by atoms with Crippen molar-refractivity contribution in [2.24, 2.45) is 0 Å². The SMILES string of the molecule is O=C1C=C(C2=COC=C(C3=CC=CCC3)O2)C(=O)N1. The zero-order valence-corrected chi connectivity index (χ0v) is 10.0. The van der Waals surface area contributed by atoms with Crippen molar-refractivity contribution >= 4 is 11.8 Å². The second kappa shape index (κ2) is 4.61. The molecule has 1 aliphatic carbocycles. The summed E-state index contributed by atoms with van der Waals surface area (Å²) in [5, 5.41) is 2.17. The van der Waals surface area contributed by atoms with Crippen molar-refractivity contribution in [1.82, 2.24) is 5.32 Å². The van der Waals surface area contributed by atoms with Gasteiger partial charge >= 0.3 is 0 Å². The van der Waals surface area contributed by atoms with Gasteiger partial charge < -0.3 is 9.47 Å². The Morgan fingerprint density at radius 3 is 2.68 bits per heavy atom. The standard InChI is InChI=1S/C14H11NO4/c16-13-6-10(14(17)15-13)12-8-18-7-11(19-12)9-4-2-1-3-5-9/h1-2,4,6-8H,3,5H2,(H,15,16,17). The Morgan fingerprint density at radius 2 is 2.00 bits per heavy atom. The Morgan fingerprint density at radius 1 is 1.16 bits per heavy atom. The number of amides is 2. The van der Waals surface area contributed by atoms with Crippen LogP contribution in [-0.2, 0) is 19.1 Å². The number of carbonyl (C=O) groups excluding carboxylic acids is 2. The summed E-state index contributed by atoms with van der Waals surface area (Å²) in [5.41, 5.74) is 1.18. The highest BCUT2D eigenvalue weighted by atomic mass is 16.5. The van der Waals surface area contributed by atoms with E-state index in [4.69, 9.17) is 9.47 Å². The lowest BCUT2D eigenvalue weighted by atomic mass is 10.0. The summed E-state index contributed by atoms with van der Waals surface area (Å²) in [6.45, 7) is 0. The van der Waals surface area contributed by atoms with Crippen molar-refractivity contribution in [3.63, 3.8) is 0 Å². The van der Waals surface area contributed by atoms with Gasteiger partial charge in [-0.1, -0.05) is 18.2 Å². The molecule has 0 bridgehead atoms. The van der Waals surface area contributed by atoms with Gasteiger partial charge in [0.2, 0.25) is 0 Å². The minimum Gasteiger partial charge on any atom is -0.465 e. The molecule has 0 radical (unpaired) electrons. The first-order chi connectivity index (χ1) is 9.24. The number of allylic oxidation sites excluding steroid dienone is 4. The van der Waals surface area contributed by atoms with Crippen LogP contribution in [0.25, 0.3) is 0 Å². The van der Waals surface area contributed by atoms with E-state index in [1.165, 1.54) is 18.6 Å². The van der Waals surface area contributed by atoms with Crippen LogP contribution in [0.4, 0.5) is 0 Å². The van der Waals surface area contributed by atoms with E-state index in [9.17, 15) is 9.59 Å². The molecule has 0 atom stereocenters. The largest absolute Gasteiger partial charge is 0.465 e. The second-order valence-corrected chi connectivity index (χ2v) is 4.24. The number of rotatable bonds is 2.